The quantitative estimate of drug-likeness (QED) is 0.554. The van der Waals surface area contributed by atoms with Crippen LogP contribution < -0.4 is 10.2 Å². The Morgan fingerprint density at radius 2 is 1.81 bits per heavy atom. The lowest BCUT2D eigenvalue weighted by Gasteiger charge is -2.36. The summed E-state index contributed by atoms with van der Waals surface area (Å²) in [5, 5.41) is 20.9. The standard InChI is InChI=1S/C21H22N4.C2HF3O2/c22-13-17-14-24-21-7-6-19(12-20(17)21)25(18-8-10-23-11-9-18)15-16-4-2-1-3-5-16;3-2(4,5)1(6)7/h1-7,12,14,18,23-24H,8-11,15H2;(H,6,7). The summed E-state index contributed by atoms with van der Waals surface area (Å²) in [6.07, 6.45) is -1.01. The van der Waals surface area contributed by atoms with Crippen molar-refractivity contribution in [2.75, 3.05) is 18.0 Å². The molecular formula is C23H23F3N4O2. The summed E-state index contributed by atoms with van der Waals surface area (Å²) < 4.78 is 31.7. The van der Waals surface area contributed by atoms with Crippen molar-refractivity contribution in [1.82, 2.24) is 10.3 Å². The van der Waals surface area contributed by atoms with E-state index in [0.717, 1.165) is 43.4 Å². The second-order valence-electron chi connectivity index (χ2n) is 7.44. The van der Waals surface area contributed by atoms with Gasteiger partial charge in [-0.05, 0) is 49.7 Å². The lowest BCUT2D eigenvalue weighted by molar-refractivity contribution is -0.192. The number of carboxylic acids is 1. The van der Waals surface area contributed by atoms with Gasteiger partial charge in [0.15, 0.2) is 0 Å². The summed E-state index contributed by atoms with van der Waals surface area (Å²) >= 11 is 0. The molecule has 1 aliphatic heterocycles. The van der Waals surface area contributed by atoms with Gasteiger partial charge < -0.3 is 20.3 Å². The Morgan fingerprint density at radius 3 is 2.41 bits per heavy atom. The van der Waals surface area contributed by atoms with E-state index in [1.165, 1.54) is 11.3 Å². The molecule has 1 fully saturated rings. The fourth-order valence-electron chi connectivity index (χ4n) is 3.71. The number of H-pyrrole nitrogens is 1. The van der Waals surface area contributed by atoms with Crippen molar-refractivity contribution in [2.24, 2.45) is 0 Å². The van der Waals surface area contributed by atoms with E-state index in [-0.39, 0.29) is 0 Å². The molecule has 168 valence electrons. The topological polar surface area (TPSA) is 92.2 Å². The van der Waals surface area contributed by atoms with Crippen LogP contribution in [0.25, 0.3) is 10.9 Å². The Balaban J connectivity index is 0.000000360. The smallest absolute Gasteiger partial charge is 0.475 e. The number of aliphatic carboxylic acids is 1. The van der Waals surface area contributed by atoms with Crippen LogP contribution in [0.5, 0.6) is 0 Å². The first-order chi connectivity index (χ1) is 15.3. The predicted octanol–water partition coefficient (Wildman–Crippen LogP) is 4.43. The number of piperidine rings is 1. The van der Waals surface area contributed by atoms with Gasteiger partial charge in [0.25, 0.3) is 0 Å². The van der Waals surface area contributed by atoms with Crippen molar-refractivity contribution in [3.05, 3.63) is 65.9 Å². The Bertz CT molecular complexity index is 1080. The molecule has 1 aliphatic rings. The lowest BCUT2D eigenvalue weighted by atomic mass is 10.0. The largest absolute Gasteiger partial charge is 0.490 e. The van der Waals surface area contributed by atoms with Gasteiger partial charge in [0, 0.05) is 35.4 Å². The monoisotopic (exact) mass is 444 g/mol. The fraction of sp³-hybridized carbons (Fsp3) is 0.304. The zero-order valence-corrected chi connectivity index (χ0v) is 17.2. The number of carbonyl (C=O) groups is 1. The average molecular weight is 444 g/mol. The molecule has 4 rings (SSSR count). The van der Waals surface area contributed by atoms with Gasteiger partial charge >= 0.3 is 12.1 Å². The zero-order valence-electron chi connectivity index (χ0n) is 17.2. The van der Waals surface area contributed by atoms with Crippen molar-refractivity contribution in [1.29, 1.82) is 5.26 Å². The average Bonchev–Trinajstić information content (AvgIpc) is 3.21. The molecule has 0 unspecified atom stereocenters. The van der Waals surface area contributed by atoms with Gasteiger partial charge in [-0.3, -0.25) is 0 Å². The molecule has 2 aromatic carbocycles. The molecule has 2 heterocycles. The van der Waals surface area contributed by atoms with Crippen LogP contribution in [0.1, 0.15) is 24.0 Å². The Labute approximate surface area is 183 Å². The normalized spacial score (nSPS) is 14.3. The molecule has 32 heavy (non-hydrogen) atoms. The molecule has 3 N–H and O–H groups in total. The van der Waals surface area contributed by atoms with E-state index in [4.69, 9.17) is 9.90 Å². The number of hydrogen-bond donors (Lipinski definition) is 3. The molecule has 9 heteroatoms. The van der Waals surface area contributed by atoms with Crippen molar-refractivity contribution in [3.63, 3.8) is 0 Å². The summed E-state index contributed by atoms with van der Waals surface area (Å²) in [6, 6.07) is 19.8. The number of hydrogen-bond acceptors (Lipinski definition) is 4. The second-order valence-corrected chi connectivity index (χ2v) is 7.44. The molecule has 6 nitrogen and oxygen atoms in total. The second kappa shape index (κ2) is 10.2. The maximum absolute atomic E-state index is 10.6. The minimum Gasteiger partial charge on any atom is -0.475 e. The van der Waals surface area contributed by atoms with E-state index in [2.05, 4.69) is 69.8 Å². The number of nitrogens with zero attached hydrogens (tertiary/aromatic N) is 2. The predicted molar refractivity (Wildman–Crippen MR) is 115 cm³/mol. The van der Waals surface area contributed by atoms with Gasteiger partial charge in [-0.25, -0.2) is 4.79 Å². The summed E-state index contributed by atoms with van der Waals surface area (Å²) in [5.41, 5.74) is 4.24. The molecule has 0 spiro atoms. The van der Waals surface area contributed by atoms with Gasteiger partial charge in [0.1, 0.15) is 6.07 Å². The van der Waals surface area contributed by atoms with Crippen molar-refractivity contribution < 1.29 is 23.1 Å². The van der Waals surface area contributed by atoms with E-state index in [1.54, 1.807) is 6.20 Å². The summed E-state index contributed by atoms with van der Waals surface area (Å²) in [7, 11) is 0. The first-order valence-electron chi connectivity index (χ1n) is 10.1. The van der Waals surface area contributed by atoms with E-state index < -0.39 is 12.1 Å². The third-order valence-electron chi connectivity index (χ3n) is 5.31. The SMILES string of the molecule is N#Cc1c[nH]c2ccc(N(Cc3ccccc3)C3CCNCC3)cc12.O=C(O)C(F)(F)F. The Morgan fingerprint density at radius 1 is 1.16 bits per heavy atom. The van der Waals surface area contributed by atoms with Crippen LogP contribution in [-0.4, -0.2) is 41.4 Å². The maximum Gasteiger partial charge on any atom is 0.490 e. The molecule has 0 amide bonds. The molecule has 0 radical (unpaired) electrons. The Hall–Kier alpha value is -3.51. The minimum atomic E-state index is -5.08. The van der Waals surface area contributed by atoms with E-state index in [9.17, 15) is 18.4 Å². The summed E-state index contributed by atoms with van der Waals surface area (Å²) in [4.78, 5) is 14.6. The van der Waals surface area contributed by atoms with Crippen LogP contribution in [0, 0.1) is 11.3 Å². The summed E-state index contributed by atoms with van der Waals surface area (Å²) in [5.74, 6) is -2.76. The highest BCUT2D eigenvalue weighted by Crippen LogP contribution is 2.29. The van der Waals surface area contributed by atoms with Gasteiger partial charge in [0.05, 0.1) is 5.56 Å². The number of rotatable bonds is 4. The number of anilines is 1. The van der Waals surface area contributed by atoms with E-state index in [1.807, 2.05) is 0 Å². The molecule has 0 atom stereocenters. The maximum atomic E-state index is 10.6. The minimum absolute atomic E-state index is 0.517. The highest BCUT2D eigenvalue weighted by atomic mass is 19.4. The van der Waals surface area contributed by atoms with Crippen LogP contribution in [0.3, 0.4) is 0 Å². The van der Waals surface area contributed by atoms with Crippen LogP contribution in [-0.2, 0) is 11.3 Å². The highest BCUT2D eigenvalue weighted by Gasteiger charge is 2.38. The molecular weight excluding hydrogens is 421 g/mol. The van der Waals surface area contributed by atoms with Crippen molar-refractivity contribution >= 4 is 22.6 Å². The number of alkyl halides is 3. The molecule has 1 saturated heterocycles. The number of halogens is 3. The highest BCUT2D eigenvalue weighted by molar-refractivity contribution is 5.88. The number of nitrogens with one attached hydrogen (secondary N) is 2. The number of benzene rings is 2. The fourth-order valence-corrected chi connectivity index (χ4v) is 3.71. The lowest BCUT2D eigenvalue weighted by Crippen LogP contribution is -2.43. The first kappa shape index (κ1) is 23.2. The van der Waals surface area contributed by atoms with Gasteiger partial charge in [-0.1, -0.05) is 30.3 Å². The van der Waals surface area contributed by atoms with Crippen molar-refractivity contribution in [3.8, 4) is 6.07 Å². The Kier molecular flexibility index (Phi) is 7.38. The molecule has 0 bridgehead atoms. The third kappa shape index (κ3) is 5.80. The molecule has 1 aromatic heterocycles. The third-order valence-corrected chi connectivity index (χ3v) is 5.31. The number of aromatic amines is 1. The van der Waals surface area contributed by atoms with Gasteiger partial charge in [-0.2, -0.15) is 18.4 Å². The van der Waals surface area contributed by atoms with Gasteiger partial charge in [0.2, 0.25) is 0 Å². The number of carboxylic acid groups (broad SMARTS) is 1. The zero-order chi connectivity index (χ0) is 23.1. The number of aromatic nitrogens is 1. The number of fused-ring (bicyclic) bond motifs is 1. The van der Waals surface area contributed by atoms with Crippen LogP contribution in [0.2, 0.25) is 0 Å². The van der Waals surface area contributed by atoms with Crippen molar-refractivity contribution in [2.45, 2.75) is 31.6 Å². The summed E-state index contributed by atoms with van der Waals surface area (Å²) in [6.45, 7) is 3.01. The molecule has 0 saturated carbocycles. The number of nitriles is 1. The molecule has 0 aliphatic carbocycles. The van der Waals surface area contributed by atoms with E-state index in [0.29, 0.717) is 11.6 Å². The van der Waals surface area contributed by atoms with Crippen LogP contribution in [0.15, 0.2) is 54.7 Å². The van der Waals surface area contributed by atoms with Gasteiger partial charge in [-0.15, -0.1) is 0 Å². The molecule has 3 aromatic rings. The van der Waals surface area contributed by atoms with Crippen LogP contribution >= 0.6 is 0 Å². The van der Waals surface area contributed by atoms with E-state index >= 15 is 0 Å². The van der Waals surface area contributed by atoms with Crippen LogP contribution in [0.4, 0.5) is 18.9 Å². The first-order valence-corrected chi connectivity index (χ1v) is 10.1.